The number of thiazole rings is 1. The van der Waals surface area contributed by atoms with E-state index in [9.17, 15) is 8.78 Å². The zero-order chi connectivity index (χ0) is 14.7. The second-order valence-corrected chi connectivity index (χ2v) is 5.91. The fourth-order valence-corrected chi connectivity index (χ4v) is 3.36. The topological polar surface area (TPSA) is 24.9 Å². The highest BCUT2D eigenvalue weighted by Crippen LogP contribution is 2.26. The molecule has 0 aliphatic heterocycles. The molecule has 1 unspecified atom stereocenters. The lowest BCUT2D eigenvalue weighted by atomic mass is 10.1. The van der Waals surface area contributed by atoms with Crippen molar-refractivity contribution in [3.63, 3.8) is 0 Å². The molecule has 1 heterocycles. The average molecular weight is 296 g/mol. The summed E-state index contributed by atoms with van der Waals surface area (Å²) in [6.07, 6.45) is 0.457. The van der Waals surface area contributed by atoms with Crippen LogP contribution in [0.1, 0.15) is 41.0 Å². The van der Waals surface area contributed by atoms with Crippen molar-refractivity contribution in [2.75, 3.05) is 6.54 Å². The normalized spacial score (nSPS) is 12.7. The van der Waals surface area contributed by atoms with Crippen LogP contribution in [-0.4, -0.2) is 11.5 Å². The van der Waals surface area contributed by atoms with Gasteiger partial charge in [-0.1, -0.05) is 6.92 Å². The van der Waals surface area contributed by atoms with Crippen LogP contribution in [0.2, 0.25) is 0 Å². The number of hydrogen-bond donors (Lipinski definition) is 1. The zero-order valence-corrected chi connectivity index (χ0v) is 12.7. The molecule has 1 N–H and O–H groups in total. The molecule has 0 bridgehead atoms. The van der Waals surface area contributed by atoms with Crippen LogP contribution in [0, 0.1) is 18.6 Å². The maximum Gasteiger partial charge on any atom is 0.126 e. The highest BCUT2D eigenvalue weighted by Gasteiger charge is 2.14. The largest absolute Gasteiger partial charge is 0.310 e. The molecule has 2 aromatic rings. The Morgan fingerprint density at radius 2 is 1.90 bits per heavy atom. The van der Waals surface area contributed by atoms with Crippen molar-refractivity contribution in [1.82, 2.24) is 10.3 Å². The summed E-state index contributed by atoms with van der Waals surface area (Å²) in [4.78, 5) is 5.68. The minimum Gasteiger partial charge on any atom is -0.310 e. The Morgan fingerprint density at radius 1 is 1.25 bits per heavy atom. The molecular weight excluding hydrogens is 278 g/mol. The molecule has 2 nitrogen and oxygen atoms in total. The van der Waals surface area contributed by atoms with Crippen molar-refractivity contribution in [2.45, 2.75) is 33.2 Å². The molecule has 0 aliphatic rings. The van der Waals surface area contributed by atoms with E-state index in [1.54, 1.807) is 11.3 Å². The van der Waals surface area contributed by atoms with E-state index >= 15 is 0 Å². The van der Waals surface area contributed by atoms with E-state index < -0.39 is 11.6 Å². The molecule has 0 saturated carbocycles. The van der Waals surface area contributed by atoms with Gasteiger partial charge in [-0.2, -0.15) is 0 Å². The molecule has 1 aromatic heterocycles. The summed E-state index contributed by atoms with van der Waals surface area (Å²) in [5, 5.41) is 4.23. The van der Waals surface area contributed by atoms with Gasteiger partial charge in [-0.05, 0) is 38.1 Å². The van der Waals surface area contributed by atoms with Gasteiger partial charge in [-0.15, -0.1) is 11.3 Å². The fraction of sp³-hybridized carbons (Fsp3) is 0.400. The molecule has 0 fully saturated rings. The van der Waals surface area contributed by atoms with Crippen LogP contribution in [0.4, 0.5) is 8.78 Å². The Labute approximate surface area is 121 Å². The number of aromatic nitrogens is 1. The van der Waals surface area contributed by atoms with Crippen LogP contribution in [0.15, 0.2) is 18.2 Å². The molecule has 0 aliphatic carbocycles. The minimum absolute atomic E-state index is 0.246. The lowest BCUT2D eigenvalue weighted by Crippen LogP contribution is -2.17. The predicted molar refractivity (Wildman–Crippen MR) is 78.1 cm³/mol. The molecule has 0 saturated heterocycles. The van der Waals surface area contributed by atoms with Crippen molar-refractivity contribution < 1.29 is 8.78 Å². The first-order valence-electron chi connectivity index (χ1n) is 6.64. The Morgan fingerprint density at radius 3 is 2.50 bits per heavy atom. The zero-order valence-electron chi connectivity index (χ0n) is 11.8. The third-order valence-electron chi connectivity index (χ3n) is 3.06. The van der Waals surface area contributed by atoms with Crippen LogP contribution in [0.3, 0.4) is 0 Å². The quantitative estimate of drug-likeness (QED) is 0.902. The van der Waals surface area contributed by atoms with E-state index in [1.807, 2.05) is 6.92 Å². The summed E-state index contributed by atoms with van der Waals surface area (Å²) in [6.45, 7) is 7.01. The van der Waals surface area contributed by atoms with Crippen LogP contribution in [-0.2, 0) is 6.42 Å². The summed E-state index contributed by atoms with van der Waals surface area (Å²) in [7, 11) is 0. The third-order valence-corrected chi connectivity index (χ3v) is 4.40. The van der Waals surface area contributed by atoms with Gasteiger partial charge in [0.1, 0.15) is 11.6 Å². The van der Waals surface area contributed by atoms with Gasteiger partial charge in [0.25, 0.3) is 0 Å². The summed E-state index contributed by atoms with van der Waals surface area (Å²) in [5.74, 6) is -1.09. The van der Waals surface area contributed by atoms with Crippen LogP contribution in [0.5, 0.6) is 0 Å². The van der Waals surface area contributed by atoms with E-state index in [0.29, 0.717) is 12.0 Å². The van der Waals surface area contributed by atoms with Gasteiger partial charge in [0.2, 0.25) is 0 Å². The number of hydrogen-bond acceptors (Lipinski definition) is 3. The molecule has 2 rings (SSSR count). The van der Waals surface area contributed by atoms with Gasteiger partial charge >= 0.3 is 0 Å². The standard InChI is InChI=1S/C15H18F2N2S/c1-4-18-9(2)15-10(3)19-14(20-15)7-11-5-12(16)8-13(17)6-11/h5-6,8-9,18H,4,7H2,1-3H3. The molecule has 1 aromatic carbocycles. The van der Waals surface area contributed by atoms with E-state index in [4.69, 9.17) is 0 Å². The number of nitrogens with zero attached hydrogens (tertiary/aromatic N) is 1. The van der Waals surface area contributed by atoms with Gasteiger partial charge in [-0.3, -0.25) is 0 Å². The first kappa shape index (κ1) is 15.1. The van der Waals surface area contributed by atoms with Crippen LogP contribution < -0.4 is 5.32 Å². The lowest BCUT2D eigenvalue weighted by Gasteiger charge is -2.09. The first-order chi connectivity index (χ1) is 9.49. The number of benzene rings is 1. The second kappa shape index (κ2) is 6.41. The number of aryl methyl sites for hydroxylation is 1. The van der Waals surface area contributed by atoms with E-state index in [1.165, 1.54) is 17.0 Å². The van der Waals surface area contributed by atoms with Crippen molar-refractivity contribution in [3.05, 3.63) is 51.0 Å². The lowest BCUT2D eigenvalue weighted by molar-refractivity contribution is 0.580. The van der Waals surface area contributed by atoms with Crippen molar-refractivity contribution in [3.8, 4) is 0 Å². The molecule has 20 heavy (non-hydrogen) atoms. The third kappa shape index (κ3) is 3.61. The van der Waals surface area contributed by atoms with Gasteiger partial charge in [0.05, 0.1) is 10.7 Å². The highest BCUT2D eigenvalue weighted by molar-refractivity contribution is 7.11. The Balaban J connectivity index is 2.20. The van der Waals surface area contributed by atoms with Crippen molar-refractivity contribution in [1.29, 1.82) is 0 Å². The Hall–Kier alpha value is -1.33. The summed E-state index contributed by atoms with van der Waals surface area (Å²) in [6, 6.07) is 3.84. The molecular formula is C15H18F2N2S. The number of nitrogens with one attached hydrogen (secondary N) is 1. The van der Waals surface area contributed by atoms with Gasteiger partial charge < -0.3 is 5.32 Å². The molecule has 5 heteroatoms. The first-order valence-corrected chi connectivity index (χ1v) is 7.45. The van der Waals surface area contributed by atoms with Crippen molar-refractivity contribution in [2.24, 2.45) is 0 Å². The van der Waals surface area contributed by atoms with Gasteiger partial charge in [0.15, 0.2) is 0 Å². The Bertz CT molecular complexity index is 575. The maximum absolute atomic E-state index is 13.2. The summed E-state index contributed by atoms with van der Waals surface area (Å²) >= 11 is 1.60. The second-order valence-electron chi connectivity index (χ2n) is 4.79. The molecule has 108 valence electrons. The summed E-state index contributed by atoms with van der Waals surface area (Å²) in [5.41, 5.74) is 1.59. The van der Waals surface area contributed by atoms with Gasteiger partial charge in [0, 0.05) is 23.4 Å². The van der Waals surface area contributed by atoms with E-state index in [0.717, 1.165) is 23.3 Å². The molecule has 0 spiro atoms. The van der Waals surface area contributed by atoms with Crippen LogP contribution >= 0.6 is 11.3 Å². The van der Waals surface area contributed by atoms with Crippen LogP contribution in [0.25, 0.3) is 0 Å². The average Bonchev–Trinajstić information content (AvgIpc) is 2.69. The molecule has 1 atom stereocenters. The monoisotopic (exact) mass is 296 g/mol. The highest BCUT2D eigenvalue weighted by atomic mass is 32.1. The van der Waals surface area contributed by atoms with Crippen molar-refractivity contribution >= 4 is 11.3 Å². The molecule has 0 amide bonds. The van der Waals surface area contributed by atoms with E-state index in [2.05, 4.69) is 24.1 Å². The Kier molecular flexibility index (Phi) is 4.83. The fourth-order valence-electron chi connectivity index (χ4n) is 2.23. The molecule has 0 radical (unpaired) electrons. The minimum atomic E-state index is -0.547. The predicted octanol–water partition coefficient (Wildman–Crippen LogP) is 3.99. The SMILES string of the molecule is CCNC(C)c1sc(Cc2cc(F)cc(F)c2)nc1C. The number of rotatable bonds is 5. The number of halogens is 2. The van der Waals surface area contributed by atoms with Gasteiger partial charge in [-0.25, -0.2) is 13.8 Å². The van der Waals surface area contributed by atoms with E-state index in [-0.39, 0.29) is 6.04 Å². The summed E-state index contributed by atoms with van der Waals surface area (Å²) < 4.78 is 26.4. The maximum atomic E-state index is 13.2. The smallest absolute Gasteiger partial charge is 0.126 e.